The molecule has 8 nitrogen and oxygen atoms in total. The van der Waals surface area contributed by atoms with Crippen molar-refractivity contribution in [2.24, 2.45) is 0 Å². The van der Waals surface area contributed by atoms with Gasteiger partial charge >= 0.3 is 0 Å². The number of hydrogen-bond acceptors (Lipinski definition) is 7. The van der Waals surface area contributed by atoms with Crippen LogP contribution in [0.2, 0.25) is 5.15 Å². The molecule has 4 heterocycles. The van der Waals surface area contributed by atoms with E-state index in [9.17, 15) is 4.79 Å². The van der Waals surface area contributed by atoms with Crippen molar-refractivity contribution in [3.05, 3.63) is 77.3 Å². The molecule has 0 spiro atoms. The molecule has 33 heavy (non-hydrogen) atoms. The average molecular weight is 460 g/mol. The van der Waals surface area contributed by atoms with E-state index >= 15 is 0 Å². The summed E-state index contributed by atoms with van der Waals surface area (Å²) in [6.45, 7) is 5.42. The van der Waals surface area contributed by atoms with E-state index in [0.717, 1.165) is 54.4 Å². The van der Waals surface area contributed by atoms with E-state index in [1.54, 1.807) is 30.7 Å². The first-order chi connectivity index (χ1) is 16.1. The zero-order chi connectivity index (χ0) is 22.8. The van der Waals surface area contributed by atoms with Crippen molar-refractivity contribution in [1.82, 2.24) is 19.9 Å². The number of pyridine rings is 2. The molecule has 166 valence electrons. The predicted molar refractivity (Wildman–Crippen MR) is 130 cm³/mol. The standard InChI is InChI=1S/C24H22ClN7O/c1-16-14-21(31-10-12-32(13-11-31)24-27-8-3-9-28-24)30-20-6-5-17(15-19(16)20)29-23(33)18-4-2-7-26-22(18)25/h2-9,14-15H,10-13H2,1H3,(H,29,33). The second-order valence-electron chi connectivity index (χ2n) is 7.85. The van der Waals surface area contributed by atoms with Crippen molar-refractivity contribution in [2.75, 3.05) is 41.3 Å². The fraction of sp³-hybridized carbons (Fsp3) is 0.208. The van der Waals surface area contributed by atoms with Crippen LogP contribution in [0.4, 0.5) is 17.5 Å². The average Bonchev–Trinajstić information content (AvgIpc) is 2.85. The summed E-state index contributed by atoms with van der Waals surface area (Å²) < 4.78 is 0. The van der Waals surface area contributed by atoms with Gasteiger partial charge in [0.05, 0.1) is 11.1 Å². The number of nitrogens with zero attached hydrogens (tertiary/aromatic N) is 6. The first-order valence-electron chi connectivity index (χ1n) is 10.7. The highest BCUT2D eigenvalue weighted by Crippen LogP contribution is 2.27. The molecule has 5 rings (SSSR count). The summed E-state index contributed by atoms with van der Waals surface area (Å²) in [7, 11) is 0. The molecule has 0 atom stereocenters. The summed E-state index contributed by atoms with van der Waals surface area (Å²) in [4.78, 5) is 34.6. The van der Waals surface area contributed by atoms with E-state index in [1.807, 2.05) is 24.3 Å². The summed E-state index contributed by atoms with van der Waals surface area (Å²) in [5, 5.41) is 4.07. The Labute approximate surface area is 196 Å². The lowest BCUT2D eigenvalue weighted by Crippen LogP contribution is -2.47. The van der Waals surface area contributed by atoms with Gasteiger partial charge in [0.1, 0.15) is 11.0 Å². The number of amides is 1. The molecule has 1 amide bonds. The smallest absolute Gasteiger partial charge is 0.258 e. The van der Waals surface area contributed by atoms with E-state index in [0.29, 0.717) is 11.3 Å². The lowest BCUT2D eigenvalue weighted by Gasteiger charge is -2.35. The van der Waals surface area contributed by atoms with Gasteiger partial charge in [0, 0.05) is 55.8 Å². The molecule has 0 radical (unpaired) electrons. The number of aryl methyl sites for hydroxylation is 1. The largest absolute Gasteiger partial charge is 0.353 e. The Morgan fingerprint density at radius 3 is 2.42 bits per heavy atom. The maximum atomic E-state index is 12.6. The van der Waals surface area contributed by atoms with E-state index in [2.05, 4.69) is 43.1 Å². The minimum absolute atomic E-state index is 0.178. The van der Waals surface area contributed by atoms with Gasteiger partial charge in [-0.05, 0) is 55.0 Å². The van der Waals surface area contributed by atoms with Crippen LogP contribution in [0.25, 0.3) is 10.9 Å². The topological polar surface area (TPSA) is 87.1 Å². The second-order valence-corrected chi connectivity index (χ2v) is 8.21. The highest BCUT2D eigenvalue weighted by atomic mass is 35.5. The number of hydrogen-bond donors (Lipinski definition) is 1. The summed E-state index contributed by atoms with van der Waals surface area (Å²) in [5.41, 5.74) is 3.00. The molecule has 0 aliphatic carbocycles. The van der Waals surface area contributed by atoms with Crippen LogP contribution in [0, 0.1) is 6.92 Å². The first kappa shape index (κ1) is 21.1. The van der Waals surface area contributed by atoms with Crippen molar-refractivity contribution in [2.45, 2.75) is 6.92 Å². The third-order valence-electron chi connectivity index (χ3n) is 5.70. The Balaban J connectivity index is 1.32. The minimum atomic E-state index is -0.296. The molecule has 0 saturated carbocycles. The van der Waals surface area contributed by atoms with Crippen molar-refractivity contribution in [3.8, 4) is 0 Å². The second kappa shape index (κ2) is 8.99. The fourth-order valence-electron chi connectivity index (χ4n) is 3.96. The Kier molecular flexibility index (Phi) is 5.75. The molecule has 1 N–H and O–H groups in total. The molecular formula is C24H22ClN7O. The van der Waals surface area contributed by atoms with Crippen LogP contribution in [-0.4, -0.2) is 52.0 Å². The lowest BCUT2D eigenvalue weighted by molar-refractivity contribution is 0.102. The van der Waals surface area contributed by atoms with Crippen LogP contribution in [0.3, 0.4) is 0 Å². The summed E-state index contributed by atoms with van der Waals surface area (Å²) in [6, 6.07) is 13.0. The highest BCUT2D eigenvalue weighted by Gasteiger charge is 2.20. The number of anilines is 3. The van der Waals surface area contributed by atoms with Crippen molar-refractivity contribution >= 4 is 45.9 Å². The normalized spacial score (nSPS) is 13.9. The molecular weight excluding hydrogens is 438 g/mol. The number of benzene rings is 1. The maximum absolute atomic E-state index is 12.6. The molecule has 1 aliphatic heterocycles. The third-order valence-corrected chi connectivity index (χ3v) is 6.00. The molecule has 0 bridgehead atoms. The third kappa shape index (κ3) is 4.42. The number of aromatic nitrogens is 4. The van der Waals surface area contributed by atoms with Crippen LogP contribution in [0.1, 0.15) is 15.9 Å². The molecule has 9 heteroatoms. The minimum Gasteiger partial charge on any atom is -0.353 e. The fourth-order valence-corrected chi connectivity index (χ4v) is 4.17. The molecule has 0 unspecified atom stereocenters. The molecule has 1 aliphatic rings. The Hall–Kier alpha value is -3.78. The van der Waals surface area contributed by atoms with Gasteiger partial charge in [-0.25, -0.2) is 19.9 Å². The zero-order valence-corrected chi connectivity index (χ0v) is 18.8. The van der Waals surface area contributed by atoms with Crippen molar-refractivity contribution in [3.63, 3.8) is 0 Å². The number of piperazine rings is 1. The maximum Gasteiger partial charge on any atom is 0.258 e. The van der Waals surface area contributed by atoms with Gasteiger partial charge in [-0.2, -0.15) is 0 Å². The van der Waals surface area contributed by atoms with E-state index < -0.39 is 0 Å². The number of fused-ring (bicyclic) bond motifs is 1. The Morgan fingerprint density at radius 1 is 0.939 bits per heavy atom. The van der Waals surface area contributed by atoms with Gasteiger partial charge in [0.25, 0.3) is 5.91 Å². The summed E-state index contributed by atoms with van der Waals surface area (Å²) >= 11 is 6.04. The van der Waals surface area contributed by atoms with Crippen LogP contribution in [0.15, 0.2) is 61.1 Å². The van der Waals surface area contributed by atoms with E-state index in [-0.39, 0.29) is 11.1 Å². The molecule has 1 aromatic carbocycles. The number of nitrogens with one attached hydrogen (secondary N) is 1. The first-order valence-corrected chi connectivity index (χ1v) is 11.1. The molecule has 1 saturated heterocycles. The summed E-state index contributed by atoms with van der Waals surface area (Å²) in [6.07, 6.45) is 5.09. The van der Waals surface area contributed by atoms with E-state index in [4.69, 9.17) is 16.6 Å². The number of rotatable bonds is 4. The number of carbonyl (C=O) groups excluding carboxylic acids is 1. The Bertz CT molecular complexity index is 1310. The quantitative estimate of drug-likeness (QED) is 0.462. The number of carbonyl (C=O) groups is 1. The van der Waals surface area contributed by atoms with Gasteiger partial charge in [-0.1, -0.05) is 11.6 Å². The van der Waals surface area contributed by atoms with Crippen molar-refractivity contribution < 1.29 is 4.79 Å². The summed E-state index contributed by atoms with van der Waals surface area (Å²) in [5.74, 6) is 1.42. The molecule has 3 aromatic heterocycles. The predicted octanol–water partition coefficient (Wildman–Crippen LogP) is 3.96. The SMILES string of the molecule is Cc1cc(N2CCN(c3ncccn3)CC2)nc2ccc(NC(=O)c3cccnc3Cl)cc12. The van der Waals surface area contributed by atoms with Crippen LogP contribution >= 0.6 is 11.6 Å². The lowest BCUT2D eigenvalue weighted by atomic mass is 10.1. The van der Waals surface area contributed by atoms with Gasteiger partial charge in [0.15, 0.2) is 0 Å². The van der Waals surface area contributed by atoms with Crippen LogP contribution in [0.5, 0.6) is 0 Å². The monoisotopic (exact) mass is 459 g/mol. The van der Waals surface area contributed by atoms with Crippen LogP contribution in [-0.2, 0) is 0 Å². The van der Waals surface area contributed by atoms with E-state index in [1.165, 1.54) is 0 Å². The molecule has 1 fully saturated rings. The Morgan fingerprint density at radius 2 is 1.67 bits per heavy atom. The van der Waals surface area contributed by atoms with Gasteiger partial charge in [-0.3, -0.25) is 4.79 Å². The number of halogens is 1. The molecule has 4 aromatic rings. The zero-order valence-electron chi connectivity index (χ0n) is 18.1. The highest BCUT2D eigenvalue weighted by molar-refractivity contribution is 6.33. The van der Waals surface area contributed by atoms with Gasteiger partial charge < -0.3 is 15.1 Å². The van der Waals surface area contributed by atoms with Crippen LogP contribution < -0.4 is 15.1 Å². The van der Waals surface area contributed by atoms with Gasteiger partial charge in [0.2, 0.25) is 5.95 Å². The van der Waals surface area contributed by atoms with Gasteiger partial charge in [-0.15, -0.1) is 0 Å². The van der Waals surface area contributed by atoms with Crippen molar-refractivity contribution in [1.29, 1.82) is 0 Å².